The lowest BCUT2D eigenvalue weighted by Gasteiger charge is -2.26. The number of nitrogens with one attached hydrogen (secondary N) is 1. The van der Waals surface area contributed by atoms with Gasteiger partial charge in [-0.3, -0.25) is 0 Å². The Balaban J connectivity index is 1.90. The molecule has 1 aliphatic heterocycles. The minimum Gasteiger partial charge on any atom is -0.306 e. The van der Waals surface area contributed by atoms with Gasteiger partial charge in [-0.05, 0) is 66.8 Å². The van der Waals surface area contributed by atoms with E-state index in [9.17, 15) is 18.0 Å². The number of thioether (sulfide) groups is 1. The van der Waals surface area contributed by atoms with Crippen molar-refractivity contribution in [3.05, 3.63) is 63.1 Å². The van der Waals surface area contributed by atoms with Crippen LogP contribution in [-0.2, 0) is 6.18 Å². The van der Waals surface area contributed by atoms with Crippen molar-refractivity contribution in [1.82, 2.24) is 5.01 Å². The number of halogens is 5. The first-order chi connectivity index (χ1) is 15.0. The summed E-state index contributed by atoms with van der Waals surface area (Å²) in [6.45, 7) is 2.29. The SMILES string of the molecule is CSCCCC1(C)CN(C(=O)Nc2ccc(Br)cc2)N=C1c1ccc(C(F)(F)F)c(Cl)c1. The molecular weight excluding hydrogens is 527 g/mol. The molecule has 0 aliphatic carbocycles. The number of hydrogen-bond acceptors (Lipinski definition) is 3. The maximum Gasteiger partial charge on any atom is 0.417 e. The maximum absolute atomic E-state index is 13.1. The number of nitrogens with zero attached hydrogens (tertiary/aromatic N) is 2. The molecule has 1 atom stereocenters. The van der Waals surface area contributed by atoms with E-state index in [4.69, 9.17) is 11.6 Å². The predicted molar refractivity (Wildman–Crippen MR) is 129 cm³/mol. The molecule has 0 saturated carbocycles. The zero-order chi connectivity index (χ0) is 23.5. The van der Waals surface area contributed by atoms with Gasteiger partial charge in [0.2, 0.25) is 0 Å². The Hall–Kier alpha value is -1.71. The zero-order valence-corrected chi connectivity index (χ0v) is 20.6. The van der Waals surface area contributed by atoms with E-state index < -0.39 is 23.2 Å². The molecular formula is C22H22BrClF3N3OS. The Morgan fingerprint density at radius 1 is 1.28 bits per heavy atom. The van der Waals surface area contributed by atoms with Crippen LogP contribution in [0.2, 0.25) is 5.02 Å². The summed E-state index contributed by atoms with van der Waals surface area (Å²) in [4.78, 5) is 12.9. The maximum atomic E-state index is 13.1. The number of amides is 2. The van der Waals surface area contributed by atoms with E-state index in [1.807, 2.05) is 25.3 Å². The Morgan fingerprint density at radius 2 is 1.97 bits per heavy atom. The number of hydrogen-bond donors (Lipinski definition) is 1. The van der Waals surface area contributed by atoms with Crippen LogP contribution in [0.15, 0.2) is 52.0 Å². The molecule has 2 amide bonds. The van der Waals surface area contributed by atoms with Crippen molar-refractivity contribution in [2.45, 2.75) is 25.9 Å². The third-order valence-electron chi connectivity index (χ3n) is 5.25. The van der Waals surface area contributed by atoms with Crippen LogP contribution in [0.4, 0.5) is 23.7 Å². The highest BCUT2D eigenvalue weighted by atomic mass is 79.9. The summed E-state index contributed by atoms with van der Waals surface area (Å²) in [6.07, 6.45) is -0.911. The normalized spacial score (nSPS) is 18.6. The molecule has 0 radical (unpaired) electrons. The fraction of sp³-hybridized carbons (Fsp3) is 0.364. The van der Waals surface area contributed by atoms with Gasteiger partial charge in [0.1, 0.15) is 0 Å². The van der Waals surface area contributed by atoms with Crippen molar-refractivity contribution in [3.63, 3.8) is 0 Å². The second-order valence-corrected chi connectivity index (χ2v) is 10.1. The molecule has 1 unspecified atom stereocenters. The lowest BCUT2D eigenvalue weighted by molar-refractivity contribution is -0.137. The number of urea groups is 1. The van der Waals surface area contributed by atoms with E-state index in [2.05, 4.69) is 26.3 Å². The molecule has 3 rings (SSSR count). The number of rotatable bonds is 6. The lowest BCUT2D eigenvalue weighted by Crippen LogP contribution is -2.35. The van der Waals surface area contributed by atoms with Crippen molar-refractivity contribution >= 4 is 56.7 Å². The van der Waals surface area contributed by atoms with Gasteiger partial charge in [-0.1, -0.05) is 40.5 Å². The van der Waals surface area contributed by atoms with Crippen LogP contribution < -0.4 is 5.32 Å². The highest BCUT2D eigenvalue weighted by Gasteiger charge is 2.42. The first-order valence-electron chi connectivity index (χ1n) is 9.83. The van der Waals surface area contributed by atoms with Crippen molar-refractivity contribution in [2.75, 3.05) is 23.9 Å². The fourth-order valence-electron chi connectivity index (χ4n) is 3.62. The Labute approximate surface area is 202 Å². The van der Waals surface area contributed by atoms with Crippen molar-refractivity contribution < 1.29 is 18.0 Å². The van der Waals surface area contributed by atoms with Crippen molar-refractivity contribution in [1.29, 1.82) is 0 Å². The smallest absolute Gasteiger partial charge is 0.306 e. The van der Waals surface area contributed by atoms with Gasteiger partial charge >= 0.3 is 12.2 Å². The molecule has 1 heterocycles. The van der Waals surface area contributed by atoms with Crippen LogP contribution >= 0.6 is 39.3 Å². The van der Waals surface area contributed by atoms with E-state index in [1.165, 1.54) is 17.1 Å². The molecule has 1 N–H and O–H groups in total. The molecule has 4 nitrogen and oxygen atoms in total. The Kier molecular flexibility index (Phi) is 7.83. The number of anilines is 1. The highest BCUT2D eigenvalue weighted by molar-refractivity contribution is 9.10. The Bertz CT molecular complexity index is 1020. The molecule has 2 aromatic carbocycles. The van der Waals surface area contributed by atoms with Gasteiger partial charge in [0.15, 0.2) is 0 Å². The largest absolute Gasteiger partial charge is 0.417 e. The van der Waals surface area contributed by atoms with E-state index >= 15 is 0 Å². The molecule has 0 spiro atoms. The van der Waals surface area contributed by atoms with Crippen LogP contribution in [0.3, 0.4) is 0 Å². The molecule has 172 valence electrons. The second-order valence-electron chi connectivity index (χ2n) is 7.79. The van der Waals surface area contributed by atoms with Gasteiger partial charge in [0, 0.05) is 15.6 Å². The minimum atomic E-state index is -4.54. The van der Waals surface area contributed by atoms with E-state index in [1.54, 1.807) is 23.9 Å². The fourth-order valence-corrected chi connectivity index (χ4v) is 4.61. The summed E-state index contributed by atoms with van der Waals surface area (Å²) < 4.78 is 40.3. The van der Waals surface area contributed by atoms with Gasteiger partial charge in [-0.2, -0.15) is 30.0 Å². The first-order valence-corrected chi connectivity index (χ1v) is 12.4. The zero-order valence-electron chi connectivity index (χ0n) is 17.5. The number of alkyl halides is 3. The molecule has 1 aliphatic rings. The van der Waals surface area contributed by atoms with Gasteiger partial charge in [0.05, 0.1) is 22.8 Å². The van der Waals surface area contributed by atoms with Crippen LogP contribution in [0.25, 0.3) is 0 Å². The van der Waals surface area contributed by atoms with E-state index in [-0.39, 0.29) is 5.02 Å². The molecule has 32 heavy (non-hydrogen) atoms. The van der Waals surface area contributed by atoms with Crippen molar-refractivity contribution in [2.24, 2.45) is 10.5 Å². The number of hydrazone groups is 1. The molecule has 0 fully saturated rings. The van der Waals surface area contributed by atoms with Gasteiger partial charge in [-0.25, -0.2) is 9.80 Å². The third-order valence-corrected chi connectivity index (χ3v) is 6.78. The average Bonchev–Trinajstić information content (AvgIpc) is 3.06. The number of carbonyl (C=O) groups excluding carboxylic acids is 1. The van der Waals surface area contributed by atoms with Gasteiger partial charge < -0.3 is 5.32 Å². The van der Waals surface area contributed by atoms with E-state index in [0.717, 1.165) is 29.1 Å². The molecule has 0 aromatic heterocycles. The lowest BCUT2D eigenvalue weighted by atomic mass is 9.78. The second kappa shape index (κ2) is 10.1. The first kappa shape index (κ1) is 24.9. The quantitative estimate of drug-likeness (QED) is 0.379. The summed E-state index contributed by atoms with van der Waals surface area (Å²) >= 11 is 11.0. The standard InChI is InChI=1S/C22H22BrClF3N3OS/c1-21(10-3-11-32-2)13-30(20(31)28-16-7-5-15(23)6-8-16)29-19(21)14-4-9-17(18(24)12-14)22(25,26)27/h4-9,12H,3,10-11,13H2,1-2H3,(H,28,31). The minimum absolute atomic E-state index is 0.317. The highest BCUT2D eigenvalue weighted by Crippen LogP contribution is 2.39. The predicted octanol–water partition coefficient (Wildman–Crippen LogP) is 7.52. The third kappa shape index (κ3) is 5.80. The topological polar surface area (TPSA) is 44.7 Å². The summed E-state index contributed by atoms with van der Waals surface area (Å²) in [7, 11) is 0. The molecule has 0 saturated heterocycles. The van der Waals surface area contributed by atoms with Crippen LogP contribution in [0.1, 0.15) is 30.9 Å². The molecule has 10 heteroatoms. The van der Waals surface area contributed by atoms with E-state index in [0.29, 0.717) is 23.5 Å². The summed E-state index contributed by atoms with van der Waals surface area (Å²) in [5, 5.41) is 8.28. The summed E-state index contributed by atoms with van der Waals surface area (Å²) in [5.41, 5.74) is 0.239. The average molecular weight is 549 g/mol. The van der Waals surface area contributed by atoms with Gasteiger partial charge in [-0.15, -0.1) is 0 Å². The molecule has 0 bridgehead atoms. The number of benzene rings is 2. The summed E-state index contributed by atoms with van der Waals surface area (Å²) in [6, 6.07) is 10.4. The van der Waals surface area contributed by atoms with Crippen molar-refractivity contribution in [3.8, 4) is 0 Å². The summed E-state index contributed by atoms with van der Waals surface area (Å²) in [5.74, 6) is 0.932. The van der Waals surface area contributed by atoms with Crippen LogP contribution in [0.5, 0.6) is 0 Å². The monoisotopic (exact) mass is 547 g/mol. The van der Waals surface area contributed by atoms with Crippen LogP contribution in [0, 0.1) is 5.41 Å². The van der Waals surface area contributed by atoms with Gasteiger partial charge in [0.25, 0.3) is 0 Å². The Morgan fingerprint density at radius 3 is 2.56 bits per heavy atom. The van der Waals surface area contributed by atoms with Crippen LogP contribution in [-0.4, -0.2) is 35.3 Å². The number of carbonyl (C=O) groups is 1. The molecule has 2 aromatic rings.